The summed E-state index contributed by atoms with van der Waals surface area (Å²) in [4.78, 5) is 10.1. The highest BCUT2D eigenvalue weighted by atomic mass is 19.1. The Morgan fingerprint density at radius 2 is 2.05 bits per heavy atom. The number of hydrogen-bond donors (Lipinski definition) is 1. The standard InChI is InChI=1S/C13H14F2N4/c1-19(7-5-16)13-17-6-4-12(18-13)10-3-2-9(14)8-11(10)15/h2-4,6,8H,5,7,16H2,1H3. The van der Waals surface area contributed by atoms with E-state index in [1.807, 2.05) is 0 Å². The molecule has 0 fully saturated rings. The van der Waals surface area contributed by atoms with Gasteiger partial charge in [0.25, 0.3) is 0 Å². The highest BCUT2D eigenvalue weighted by Gasteiger charge is 2.10. The minimum absolute atomic E-state index is 0.242. The smallest absolute Gasteiger partial charge is 0.225 e. The molecule has 2 rings (SSSR count). The van der Waals surface area contributed by atoms with Gasteiger partial charge in [-0.25, -0.2) is 18.7 Å². The summed E-state index contributed by atoms with van der Waals surface area (Å²) in [6, 6.07) is 4.97. The molecule has 0 radical (unpaired) electrons. The lowest BCUT2D eigenvalue weighted by Crippen LogP contribution is -2.26. The van der Waals surface area contributed by atoms with Crippen LogP contribution in [-0.4, -0.2) is 30.1 Å². The van der Waals surface area contributed by atoms with Crippen LogP contribution >= 0.6 is 0 Å². The molecular formula is C13H14F2N4. The second-order valence-corrected chi connectivity index (χ2v) is 4.08. The molecule has 1 aromatic carbocycles. The van der Waals surface area contributed by atoms with Crippen molar-refractivity contribution in [2.45, 2.75) is 0 Å². The molecule has 0 spiro atoms. The Morgan fingerprint density at radius 3 is 2.74 bits per heavy atom. The number of likely N-dealkylation sites (N-methyl/N-ethyl adjacent to an activating group) is 1. The van der Waals surface area contributed by atoms with Gasteiger partial charge >= 0.3 is 0 Å². The van der Waals surface area contributed by atoms with Crippen molar-refractivity contribution < 1.29 is 8.78 Å². The molecule has 0 unspecified atom stereocenters. The summed E-state index contributed by atoms with van der Waals surface area (Å²) in [5.74, 6) is -0.811. The van der Waals surface area contributed by atoms with Crippen molar-refractivity contribution in [1.29, 1.82) is 0 Å². The van der Waals surface area contributed by atoms with Crippen LogP contribution in [0.2, 0.25) is 0 Å². The van der Waals surface area contributed by atoms with Gasteiger partial charge < -0.3 is 10.6 Å². The van der Waals surface area contributed by atoms with E-state index < -0.39 is 11.6 Å². The van der Waals surface area contributed by atoms with E-state index >= 15 is 0 Å². The minimum atomic E-state index is -0.647. The van der Waals surface area contributed by atoms with E-state index in [0.29, 0.717) is 24.7 Å². The van der Waals surface area contributed by atoms with Crippen molar-refractivity contribution >= 4 is 5.95 Å². The number of halogens is 2. The number of nitrogens with zero attached hydrogens (tertiary/aromatic N) is 3. The van der Waals surface area contributed by atoms with Crippen LogP contribution in [0.4, 0.5) is 14.7 Å². The van der Waals surface area contributed by atoms with Crippen molar-refractivity contribution in [3.05, 3.63) is 42.1 Å². The molecule has 0 amide bonds. The van der Waals surface area contributed by atoms with Gasteiger partial charge in [0.2, 0.25) is 5.95 Å². The topological polar surface area (TPSA) is 55.0 Å². The van der Waals surface area contributed by atoms with Crippen molar-refractivity contribution in [1.82, 2.24) is 9.97 Å². The van der Waals surface area contributed by atoms with E-state index in [9.17, 15) is 8.78 Å². The molecule has 2 aromatic rings. The normalized spacial score (nSPS) is 10.5. The first-order chi connectivity index (χ1) is 9.11. The summed E-state index contributed by atoms with van der Waals surface area (Å²) in [6.07, 6.45) is 1.54. The fraction of sp³-hybridized carbons (Fsp3) is 0.231. The van der Waals surface area contributed by atoms with Gasteiger partial charge in [0.05, 0.1) is 5.69 Å². The van der Waals surface area contributed by atoms with Gasteiger partial charge in [-0.05, 0) is 18.2 Å². The molecule has 0 saturated carbocycles. The fourth-order valence-electron chi connectivity index (χ4n) is 1.67. The Morgan fingerprint density at radius 1 is 1.26 bits per heavy atom. The molecule has 2 N–H and O–H groups in total. The average Bonchev–Trinajstić information content (AvgIpc) is 2.39. The van der Waals surface area contributed by atoms with Gasteiger partial charge in [0, 0.05) is 38.0 Å². The van der Waals surface area contributed by atoms with E-state index in [0.717, 1.165) is 6.07 Å². The van der Waals surface area contributed by atoms with Gasteiger partial charge in [0.1, 0.15) is 11.6 Å². The number of benzene rings is 1. The van der Waals surface area contributed by atoms with Gasteiger partial charge in [-0.1, -0.05) is 0 Å². The molecule has 4 nitrogen and oxygen atoms in total. The molecule has 0 aliphatic rings. The highest BCUT2D eigenvalue weighted by molar-refractivity contribution is 5.60. The van der Waals surface area contributed by atoms with Crippen LogP contribution in [0.1, 0.15) is 0 Å². The van der Waals surface area contributed by atoms with Crippen LogP contribution in [0.3, 0.4) is 0 Å². The predicted molar refractivity (Wildman–Crippen MR) is 69.7 cm³/mol. The third-order valence-corrected chi connectivity index (χ3v) is 2.66. The maximum absolute atomic E-state index is 13.7. The van der Waals surface area contributed by atoms with Crippen LogP contribution in [0.15, 0.2) is 30.5 Å². The molecule has 0 bridgehead atoms. The molecule has 0 aliphatic carbocycles. The number of aromatic nitrogens is 2. The van der Waals surface area contributed by atoms with Gasteiger partial charge in [-0.15, -0.1) is 0 Å². The monoisotopic (exact) mass is 264 g/mol. The lowest BCUT2D eigenvalue weighted by atomic mass is 10.1. The van der Waals surface area contributed by atoms with Crippen LogP contribution in [0, 0.1) is 11.6 Å². The van der Waals surface area contributed by atoms with Gasteiger partial charge in [0.15, 0.2) is 0 Å². The molecule has 0 atom stereocenters. The number of anilines is 1. The molecule has 19 heavy (non-hydrogen) atoms. The van der Waals surface area contributed by atoms with E-state index in [-0.39, 0.29) is 5.56 Å². The van der Waals surface area contributed by atoms with Crippen molar-refractivity contribution in [2.24, 2.45) is 5.73 Å². The lowest BCUT2D eigenvalue weighted by molar-refractivity contribution is 0.585. The quantitative estimate of drug-likeness (QED) is 0.915. The Balaban J connectivity index is 2.37. The summed E-state index contributed by atoms with van der Waals surface area (Å²) in [5.41, 5.74) is 6.11. The summed E-state index contributed by atoms with van der Waals surface area (Å²) >= 11 is 0. The average molecular weight is 264 g/mol. The second kappa shape index (κ2) is 5.71. The van der Waals surface area contributed by atoms with Gasteiger partial charge in [-0.2, -0.15) is 0 Å². The zero-order valence-electron chi connectivity index (χ0n) is 10.5. The summed E-state index contributed by atoms with van der Waals surface area (Å²) in [7, 11) is 1.80. The summed E-state index contributed by atoms with van der Waals surface area (Å²) in [5, 5.41) is 0. The molecule has 0 aliphatic heterocycles. The third-order valence-electron chi connectivity index (χ3n) is 2.66. The summed E-state index contributed by atoms with van der Waals surface area (Å²) in [6.45, 7) is 1.06. The van der Waals surface area contributed by atoms with Crippen LogP contribution in [0.25, 0.3) is 11.3 Å². The molecule has 0 saturated heterocycles. The molecule has 6 heteroatoms. The van der Waals surface area contributed by atoms with Crippen LogP contribution < -0.4 is 10.6 Å². The lowest BCUT2D eigenvalue weighted by Gasteiger charge is -2.16. The third kappa shape index (κ3) is 3.03. The predicted octanol–water partition coefficient (Wildman–Crippen LogP) is 1.82. The van der Waals surface area contributed by atoms with Crippen molar-refractivity contribution in [3.63, 3.8) is 0 Å². The Hall–Kier alpha value is -2.08. The largest absolute Gasteiger partial charge is 0.343 e. The SMILES string of the molecule is CN(CCN)c1nccc(-c2ccc(F)cc2F)n1. The zero-order valence-corrected chi connectivity index (χ0v) is 10.5. The Bertz CT molecular complexity index is 574. The number of nitrogens with two attached hydrogens (primary N) is 1. The first kappa shape index (κ1) is 13.4. The van der Waals surface area contributed by atoms with E-state index in [4.69, 9.17) is 5.73 Å². The fourth-order valence-corrected chi connectivity index (χ4v) is 1.67. The zero-order chi connectivity index (χ0) is 13.8. The maximum atomic E-state index is 13.7. The minimum Gasteiger partial charge on any atom is -0.343 e. The van der Waals surface area contributed by atoms with Crippen molar-refractivity contribution in [3.8, 4) is 11.3 Å². The molecule has 1 aromatic heterocycles. The van der Waals surface area contributed by atoms with E-state index in [1.165, 1.54) is 18.3 Å². The summed E-state index contributed by atoms with van der Waals surface area (Å²) < 4.78 is 26.6. The highest BCUT2D eigenvalue weighted by Crippen LogP contribution is 2.22. The molecule has 1 heterocycles. The van der Waals surface area contributed by atoms with E-state index in [1.54, 1.807) is 18.0 Å². The second-order valence-electron chi connectivity index (χ2n) is 4.08. The Kier molecular flexibility index (Phi) is 4.01. The van der Waals surface area contributed by atoms with Crippen LogP contribution in [0.5, 0.6) is 0 Å². The van der Waals surface area contributed by atoms with Crippen molar-refractivity contribution in [2.75, 3.05) is 25.0 Å². The molecule has 100 valence electrons. The maximum Gasteiger partial charge on any atom is 0.225 e. The van der Waals surface area contributed by atoms with E-state index in [2.05, 4.69) is 9.97 Å². The molecular weight excluding hydrogens is 250 g/mol. The Labute approximate surface area is 109 Å². The van der Waals surface area contributed by atoms with Crippen LogP contribution in [-0.2, 0) is 0 Å². The number of hydrogen-bond acceptors (Lipinski definition) is 4. The number of rotatable bonds is 4. The first-order valence-corrected chi connectivity index (χ1v) is 5.81. The van der Waals surface area contributed by atoms with Gasteiger partial charge in [-0.3, -0.25) is 0 Å². The first-order valence-electron chi connectivity index (χ1n) is 5.81.